The van der Waals surface area contributed by atoms with Gasteiger partial charge in [-0.05, 0) is 12.5 Å². The van der Waals surface area contributed by atoms with Crippen molar-refractivity contribution in [3.05, 3.63) is 28.8 Å². The van der Waals surface area contributed by atoms with Crippen LogP contribution in [0.1, 0.15) is 10.6 Å². The number of hydrogen-bond acceptors (Lipinski definition) is 1. The maximum atomic E-state index is 2.24. The molecule has 0 unspecified atom stereocenters. The van der Waals surface area contributed by atoms with Crippen LogP contribution in [0.15, 0.2) is 18.2 Å². The van der Waals surface area contributed by atoms with Gasteiger partial charge in [-0.1, -0.05) is 23.5 Å². The van der Waals surface area contributed by atoms with E-state index in [4.69, 9.17) is 0 Å². The monoisotopic (exact) mass is 178 g/mol. The van der Waals surface area contributed by atoms with Crippen molar-refractivity contribution in [3.63, 3.8) is 0 Å². The molecule has 0 radical (unpaired) electrons. The van der Waals surface area contributed by atoms with Gasteiger partial charge in [0.1, 0.15) is 11.7 Å². The highest BCUT2D eigenvalue weighted by Crippen LogP contribution is 2.22. The van der Waals surface area contributed by atoms with E-state index >= 15 is 0 Å². The highest BCUT2D eigenvalue weighted by Gasteiger charge is 2.13. The first-order valence-corrected chi connectivity index (χ1v) is 4.86. The van der Waals surface area contributed by atoms with Crippen LogP contribution in [-0.4, -0.2) is 0 Å². The van der Waals surface area contributed by atoms with E-state index in [1.165, 1.54) is 20.8 Å². The first-order valence-electron chi connectivity index (χ1n) is 4.05. The molecule has 0 saturated carbocycles. The molecule has 0 bridgehead atoms. The standard InChI is InChI=1S/C10H12NS/c1-7-5-4-6-9-10(7)12-8(2)11(9)3/h4-6H,1-3H3/q+1. The smallest absolute Gasteiger partial charge is 0.189 e. The molecule has 2 rings (SSSR count). The zero-order valence-electron chi connectivity index (χ0n) is 7.59. The fourth-order valence-electron chi connectivity index (χ4n) is 1.42. The molecule has 0 spiro atoms. The largest absolute Gasteiger partial charge is 0.234 e. The summed E-state index contributed by atoms with van der Waals surface area (Å²) in [6.45, 7) is 4.32. The Morgan fingerprint density at radius 1 is 1.25 bits per heavy atom. The molecule has 1 heterocycles. The van der Waals surface area contributed by atoms with Crippen molar-refractivity contribution in [2.24, 2.45) is 7.05 Å². The highest BCUT2D eigenvalue weighted by molar-refractivity contribution is 7.18. The quantitative estimate of drug-likeness (QED) is 0.545. The molecule has 2 aromatic rings. The van der Waals surface area contributed by atoms with Crippen LogP contribution in [0, 0.1) is 13.8 Å². The van der Waals surface area contributed by atoms with Gasteiger partial charge in [-0.2, -0.15) is 4.57 Å². The molecule has 0 aliphatic carbocycles. The minimum atomic E-state index is 1.34. The lowest BCUT2D eigenvalue weighted by Crippen LogP contribution is -2.28. The predicted octanol–water partition coefficient (Wildman–Crippen LogP) is 2.34. The Morgan fingerprint density at radius 2 is 2.00 bits per heavy atom. The topological polar surface area (TPSA) is 3.88 Å². The van der Waals surface area contributed by atoms with Crippen molar-refractivity contribution in [2.45, 2.75) is 13.8 Å². The first kappa shape index (κ1) is 7.74. The molecule has 0 aliphatic rings. The van der Waals surface area contributed by atoms with Gasteiger partial charge in [-0.25, -0.2) is 0 Å². The van der Waals surface area contributed by atoms with Crippen molar-refractivity contribution in [2.75, 3.05) is 0 Å². The third-order valence-corrected chi connectivity index (χ3v) is 3.58. The average Bonchev–Trinajstić information content (AvgIpc) is 2.32. The van der Waals surface area contributed by atoms with Crippen molar-refractivity contribution < 1.29 is 4.57 Å². The average molecular weight is 178 g/mol. The fraction of sp³-hybridized carbons (Fsp3) is 0.300. The van der Waals surface area contributed by atoms with Crippen LogP contribution >= 0.6 is 11.3 Å². The summed E-state index contributed by atoms with van der Waals surface area (Å²) in [5.74, 6) is 0. The van der Waals surface area contributed by atoms with Crippen LogP contribution in [0.2, 0.25) is 0 Å². The van der Waals surface area contributed by atoms with Crippen LogP contribution < -0.4 is 4.57 Å². The van der Waals surface area contributed by atoms with Gasteiger partial charge in [-0.15, -0.1) is 0 Å². The van der Waals surface area contributed by atoms with Crippen LogP contribution in [0.3, 0.4) is 0 Å². The molecule has 62 valence electrons. The molecule has 1 aromatic heterocycles. The fourth-order valence-corrected chi connectivity index (χ4v) is 2.49. The minimum Gasteiger partial charge on any atom is -0.189 e. The number of benzene rings is 1. The number of fused-ring (bicyclic) bond motifs is 1. The number of thiazole rings is 1. The molecule has 0 aliphatic heterocycles. The molecular formula is C10H12NS+. The molecule has 1 aromatic carbocycles. The predicted molar refractivity (Wildman–Crippen MR) is 52.5 cm³/mol. The van der Waals surface area contributed by atoms with Gasteiger partial charge in [-0.3, -0.25) is 0 Å². The molecule has 12 heavy (non-hydrogen) atoms. The second-order valence-electron chi connectivity index (χ2n) is 3.10. The maximum Gasteiger partial charge on any atom is 0.234 e. The van der Waals surface area contributed by atoms with E-state index in [-0.39, 0.29) is 0 Å². The molecule has 1 nitrogen and oxygen atoms in total. The van der Waals surface area contributed by atoms with Crippen LogP contribution in [-0.2, 0) is 7.05 Å². The number of hydrogen-bond donors (Lipinski definition) is 0. The van der Waals surface area contributed by atoms with E-state index in [9.17, 15) is 0 Å². The summed E-state index contributed by atoms with van der Waals surface area (Å²) in [5, 5.41) is 1.36. The molecule has 0 N–H and O–H groups in total. The Kier molecular flexibility index (Phi) is 1.65. The Morgan fingerprint density at radius 3 is 2.67 bits per heavy atom. The summed E-state index contributed by atoms with van der Waals surface area (Å²) in [6.07, 6.45) is 0. The summed E-state index contributed by atoms with van der Waals surface area (Å²) in [5.41, 5.74) is 2.72. The third-order valence-electron chi connectivity index (χ3n) is 2.27. The Hall–Kier alpha value is -0.890. The highest BCUT2D eigenvalue weighted by atomic mass is 32.1. The summed E-state index contributed by atoms with van der Waals surface area (Å²) >= 11 is 1.87. The molecular weight excluding hydrogens is 166 g/mol. The van der Waals surface area contributed by atoms with Crippen molar-refractivity contribution in [3.8, 4) is 0 Å². The van der Waals surface area contributed by atoms with E-state index in [1.54, 1.807) is 0 Å². The van der Waals surface area contributed by atoms with Gasteiger partial charge in [0.15, 0.2) is 0 Å². The normalized spacial score (nSPS) is 10.9. The van der Waals surface area contributed by atoms with Gasteiger partial charge in [0.05, 0.1) is 0 Å². The second-order valence-corrected chi connectivity index (χ2v) is 4.31. The molecule has 0 atom stereocenters. The van der Waals surface area contributed by atoms with Gasteiger partial charge >= 0.3 is 0 Å². The van der Waals surface area contributed by atoms with E-state index in [0.717, 1.165) is 0 Å². The van der Waals surface area contributed by atoms with E-state index in [0.29, 0.717) is 0 Å². The lowest BCUT2D eigenvalue weighted by Gasteiger charge is -1.89. The molecule has 0 amide bonds. The van der Waals surface area contributed by atoms with Crippen molar-refractivity contribution >= 4 is 21.6 Å². The number of aryl methyl sites for hydroxylation is 3. The summed E-state index contributed by atoms with van der Waals surface area (Å²) in [7, 11) is 2.12. The third kappa shape index (κ3) is 0.950. The van der Waals surface area contributed by atoms with E-state index < -0.39 is 0 Å². The lowest BCUT2D eigenvalue weighted by molar-refractivity contribution is -0.646. The Bertz CT molecular complexity index is 429. The lowest BCUT2D eigenvalue weighted by atomic mass is 10.2. The molecule has 2 heteroatoms. The van der Waals surface area contributed by atoms with Crippen molar-refractivity contribution in [1.82, 2.24) is 0 Å². The number of rotatable bonds is 0. The zero-order valence-corrected chi connectivity index (χ0v) is 8.40. The SMILES string of the molecule is Cc1cccc2c1sc(C)[n+]2C. The first-order chi connectivity index (χ1) is 5.70. The maximum absolute atomic E-state index is 2.24. The molecule has 0 fully saturated rings. The van der Waals surface area contributed by atoms with Gasteiger partial charge in [0.25, 0.3) is 0 Å². The summed E-state index contributed by atoms with van der Waals surface area (Å²) < 4.78 is 3.66. The molecule has 0 saturated heterocycles. The summed E-state index contributed by atoms with van der Waals surface area (Å²) in [6, 6.07) is 6.45. The Labute approximate surface area is 76.3 Å². The van der Waals surface area contributed by atoms with Gasteiger partial charge in [0, 0.05) is 13.0 Å². The zero-order chi connectivity index (χ0) is 8.72. The van der Waals surface area contributed by atoms with Crippen LogP contribution in [0.25, 0.3) is 10.2 Å². The van der Waals surface area contributed by atoms with Gasteiger partial charge in [0.2, 0.25) is 10.5 Å². The van der Waals surface area contributed by atoms with Crippen molar-refractivity contribution in [1.29, 1.82) is 0 Å². The summed E-state index contributed by atoms with van der Waals surface area (Å²) in [4.78, 5) is 0. The van der Waals surface area contributed by atoms with Gasteiger partial charge < -0.3 is 0 Å². The minimum absolute atomic E-state index is 1.34. The second kappa shape index (κ2) is 2.56. The van der Waals surface area contributed by atoms with E-state index in [2.05, 4.69) is 43.7 Å². The van der Waals surface area contributed by atoms with E-state index in [1.807, 2.05) is 11.3 Å². The Balaban J connectivity index is 2.95. The number of aromatic nitrogens is 1. The number of nitrogens with zero attached hydrogens (tertiary/aromatic N) is 1. The van der Waals surface area contributed by atoms with Crippen LogP contribution in [0.5, 0.6) is 0 Å². The van der Waals surface area contributed by atoms with Crippen LogP contribution in [0.4, 0.5) is 0 Å².